The second-order valence-corrected chi connectivity index (χ2v) is 6.45. The number of aryl methyl sites for hydroxylation is 1. The maximum Gasteiger partial charge on any atom is 0.260 e. The Morgan fingerprint density at radius 2 is 1.85 bits per heavy atom. The molecule has 1 aliphatic rings. The van der Waals surface area contributed by atoms with Crippen LogP contribution in [-0.4, -0.2) is 34.4 Å². The Morgan fingerprint density at radius 1 is 1.11 bits per heavy atom. The van der Waals surface area contributed by atoms with Crippen LogP contribution < -0.4 is 15.5 Å². The average molecular weight is 364 g/mol. The van der Waals surface area contributed by atoms with Crippen molar-refractivity contribution >= 4 is 28.8 Å². The minimum atomic E-state index is -0.251. The standard InChI is InChI=1S/C19H20N6O2/c1-13-17(12-21-27-13)19(26)23-15-6-4-14(5-7-15)22-18-10-16(11-20-24-18)25-8-2-3-9-25/h4-7,10-12H,2-3,8-9H2,1H3,(H,22,24)(H,23,26). The smallest absolute Gasteiger partial charge is 0.260 e. The summed E-state index contributed by atoms with van der Waals surface area (Å²) in [6.45, 7) is 3.82. The largest absolute Gasteiger partial charge is 0.370 e. The number of nitrogens with zero attached hydrogens (tertiary/aromatic N) is 4. The molecule has 1 aromatic carbocycles. The molecule has 3 aromatic rings. The summed E-state index contributed by atoms with van der Waals surface area (Å²) in [5.41, 5.74) is 3.05. The predicted octanol–water partition coefficient (Wildman–Crippen LogP) is 3.37. The normalized spacial score (nSPS) is 13.6. The second-order valence-electron chi connectivity index (χ2n) is 6.45. The summed E-state index contributed by atoms with van der Waals surface area (Å²) in [5, 5.41) is 17.9. The Balaban J connectivity index is 1.41. The van der Waals surface area contributed by atoms with Gasteiger partial charge < -0.3 is 20.1 Å². The van der Waals surface area contributed by atoms with Crippen LogP contribution in [0.4, 0.5) is 22.9 Å². The van der Waals surface area contributed by atoms with Gasteiger partial charge in [0.25, 0.3) is 5.91 Å². The van der Waals surface area contributed by atoms with Crippen molar-refractivity contribution in [1.29, 1.82) is 0 Å². The minimum absolute atomic E-state index is 0.251. The fraction of sp³-hybridized carbons (Fsp3) is 0.263. The number of benzene rings is 1. The molecule has 0 aliphatic carbocycles. The maximum atomic E-state index is 12.2. The van der Waals surface area contributed by atoms with E-state index in [1.807, 2.05) is 30.3 Å². The van der Waals surface area contributed by atoms with E-state index in [-0.39, 0.29) is 5.91 Å². The van der Waals surface area contributed by atoms with Crippen molar-refractivity contribution in [2.45, 2.75) is 19.8 Å². The number of nitrogens with one attached hydrogen (secondary N) is 2. The number of carbonyl (C=O) groups is 1. The van der Waals surface area contributed by atoms with Crippen LogP contribution in [0.1, 0.15) is 29.0 Å². The summed E-state index contributed by atoms with van der Waals surface area (Å²) in [5.74, 6) is 0.928. The first-order valence-corrected chi connectivity index (χ1v) is 8.86. The van der Waals surface area contributed by atoms with Crippen LogP contribution in [0.3, 0.4) is 0 Å². The first kappa shape index (κ1) is 17.0. The maximum absolute atomic E-state index is 12.2. The molecule has 0 saturated carbocycles. The van der Waals surface area contributed by atoms with Crippen LogP contribution in [-0.2, 0) is 0 Å². The molecule has 8 nitrogen and oxygen atoms in total. The van der Waals surface area contributed by atoms with E-state index in [0.717, 1.165) is 24.5 Å². The van der Waals surface area contributed by atoms with Gasteiger partial charge in [-0.1, -0.05) is 5.16 Å². The van der Waals surface area contributed by atoms with Gasteiger partial charge in [-0.05, 0) is 44.0 Å². The van der Waals surface area contributed by atoms with E-state index in [2.05, 4.69) is 30.9 Å². The molecule has 1 saturated heterocycles. The Bertz CT molecular complexity index is 931. The topological polar surface area (TPSA) is 96.2 Å². The van der Waals surface area contributed by atoms with Crippen molar-refractivity contribution in [1.82, 2.24) is 15.4 Å². The lowest BCUT2D eigenvalue weighted by molar-refractivity contribution is 0.102. The van der Waals surface area contributed by atoms with Gasteiger partial charge in [0, 0.05) is 30.5 Å². The molecule has 2 aromatic heterocycles. The van der Waals surface area contributed by atoms with E-state index in [0.29, 0.717) is 22.8 Å². The van der Waals surface area contributed by atoms with Crippen molar-refractivity contribution < 1.29 is 9.32 Å². The molecule has 2 N–H and O–H groups in total. The molecule has 0 radical (unpaired) electrons. The highest BCUT2D eigenvalue weighted by Crippen LogP contribution is 2.23. The SMILES string of the molecule is Cc1oncc1C(=O)Nc1ccc(Nc2cc(N3CCCC3)cnn2)cc1. The van der Waals surface area contributed by atoms with Crippen molar-refractivity contribution in [3.8, 4) is 0 Å². The summed E-state index contributed by atoms with van der Waals surface area (Å²) >= 11 is 0. The number of anilines is 4. The number of rotatable bonds is 5. The van der Waals surface area contributed by atoms with Crippen molar-refractivity contribution in [2.24, 2.45) is 0 Å². The van der Waals surface area contributed by atoms with Gasteiger partial charge in [0.1, 0.15) is 11.3 Å². The molecular formula is C19H20N6O2. The van der Waals surface area contributed by atoms with Crippen LogP contribution in [0.15, 0.2) is 47.2 Å². The van der Waals surface area contributed by atoms with Gasteiger partial charge >= 0.3 is 0 Å². The molecule has 4 rings (SSSR count). The molecule has 1 aliphatic heterocycles. The Morgan fingerprint density at radius 3 is 2.56 bits per heavy atom. The predicted molar refractivity (Wildman–Crippen MR) is 102 cm³/mol. The van der Waals surface area contributed by atoms with Gasteiger partial charge in [-0.3, -0.25) is 4.79 Å². The Labute approximate surface area is 156 Å². The molecule has 0 unspecified atom stereocenters. The zero-order chi connectivity index (χ0) is 18.6. The van der Waals surface area contributed by atoms with E-state index in [1.165, 1.54) is 19.0 Å². The first-order valence-electron chi connectivity index (χ1n) is 8.86. The number of hydrogen-bond acceptors (Lipinski definition) is 7. The molecule has 1 amide bonds. The van der Waals surface area contributed by atoms with E-state index in [4.69, 9.17) is 4.52 Å². The monoisotopic (exact) mass is 364 g/mol. The van der Waals surface area contributed by atoms with E-state index < -0.39 is 0 Å². The summed E-state index contributed by atoms with van der Waals surface area (Å²) in [6.07, 6.45) is 5.63. The fourth-order valence-corrected chi connectivity index (χ4v) is 3.07. The Hall–Kier alpha value is -3.42. The highest BCUT2D eigenvalue weighted by molar-refractivity contribution is 6.04. The summed E-state index contributed by atoms with van der Waals surface area (Å²) in [4.78, 5) is 14.5. The van der Waals surface area contributed by atoms with Crippen LogP contribution >= 0.6 is 0 Å². The van der Waals surface area contributed by atoms with Crippen LogP contribution in [0.25, 0.3) is 0 Å². The second kappa shape index (κ2) is 7.45. The third-order valence-corrected chi connectivity index (χ3v) is 4.52. The molecular weight excluding hydrogens is 344 g/mol. The van der Waals surface area contributed by atoms with Crippen LogP contribution in [0.5, 0.6) is 0 Å². The number of carbonyl (C=O) groups excluding carboxylic acids is 1. The van der Waals surface area contributed by atoms with Gasteiger partial charge in [0.15, 0.2) is 5.82 Å². The molecule has 138 valence electrons. The lowest BCUT2D eigenvalue weighted by Crippen LogP contribution is -2.18. The number of aromatic nitrogens is 3. The van der Waals surface area contributed by atoms with E-state index >= 15 is 0 Å². The number of hydrogen-bond donors (Lipinski definition) is 2. The van der Waals surface area contributed by atoms with Crippen molar-refractivity contribution in [2.75, 3.05) is 28.6 Å². The summed E-state index contributed by atoms with van der Waals surface area (Å²) < 4.78 is 4.92. The highest BCUT2D eigenvalue weighted by atomic mass is 16.5. The summed E-state index contributed by atoms with van der Waals surface area (Å²) in [7, 11) is 0. The molecule has 27 heavy (non-hydrogen) atoms. The zero-order valence-corrected chi connectivity index (χ0v) is 15.0. The van der Waals surface area contributed by atoms with Gasteiger partial charge in [-0.25, -0.2) is 0 Å². The molecule has 1 fully saturated rings. The van der Waals surface area contributed by atoms with Crippen molar-refractivity contribution in [3.63, 3.8) is 0 Å². The molecule has 0 atom stereocenters. The number of amides is 1. The molecule has 3 heterocycles. The zero-order valence-electron chi connectivity index (χ0n) is 15.0. The minimum Gasteiger partial charge on any atom is -0.370 e. The van der Waals surface area contributed by atoms with Gasteiger partial charge in [-0.2, -0.15) is 5.10 Å². The fourth-order valence-electron chi connectivity index (χ4n) is 3.07. The molecule has 8 heteroatoms. The molecule has 0 bridgehead atoms. The van der Waals surface area contributed by atoms with E-state index in [9.17, 15) is 4.79 Å². The highest BCUT2D eigenvalue weighted by Gasteiger charge is 2.14. The Kier molecular flexibility index (Phi) is 4.69. The molecule has 0 spiro atoms. The lowest BCUT2D eigenvalue weighted by atomic mass is 10.2. The third kappa shape index (κ3) is 3.89. The quantitative estimate of drug-likeness (QED) is 0.716. The first-order chi connectivity index (χ1) is 13.2. The van der Waals surface area contributed by atoms with Gasteiger partial charge in [0.05, 0.1) is 18.1 Å². The van der Waals surface area contributed by atoms with E-state index in [1.54, 1.807) is 13.1 Å². The van der Waals surface area contributed by atoms with Crippen molar-refractivity contribution in [3.05, 3.63) is 54.0 Å². The van der Waals surface area contributed by atoms with Crippen LogP contribution in [0, 0.1) is 6.92 Å². The third-order valence-electron chi connectivity index (χ3n) is 4.52. The summed E-state index contributed by atoms with van der Waals surface area (Å²) in [6, 6.07) is 9.39. The van der Waals surface area contributed by atoms with Crippen LogP contribution in [0.2, 0.25) is 0 Å². The lowest BCUT2D eigenvalue weighted by Gasteiger charge is -2.17. The van der Waals surface area contributed by atoms with Gasteiger partial charge in [0.2, 0.25) is 0 Å². The van der Waals surface area contributed by atoms with Gasteiger partial charge in [-0.15, -0.1) is 5.10 Å². The average Bonchev–Trinajstić information content (AvgIpc) is 3.35.